The monoisotopic (exact) mass is 381 g/mol. The van der Waals surface area contributed by atoms with Crippen LogP contribution in [0.2, 0.25) is 0 Å². The van der Waals surface area contributed by atoms with E-state index in [4.69, 9.17) is 10.5 Å². The molecular formula is C17H23N3O3S2. The van der Waals surface area contributed by atoms with Crippen LogP contribution in [-0.4, -0.2) is 50.1 Å². The predicted octanol–water partition coefficient (Wildman–Crippen LogP) is 2.25. The number of aromatic nitrogens is 1. The van der Waals surface area contributed by atoms with Gasteiger partial charge in [0.05, 0.1) is 11.0 Å². The molecule has 8 heteroatoms. The standard InChI is InChI=1S/C17H23N3O3S2/c1-12-11-24-17(19-12)13-4-3-5-16(8-13)25(21,22)20-7-6-15(23-2)9-14(20)10-18/h3-5,8,11,14-15H,6-7,9-10,18H2,1-2H3. The zero-order valence-electron chi connectivity index (χ0n) is 14.4. The van der Waals surface area contributed by atoms with Crippen molar-refractivity contribution in [3.63, 3.8) is 0 Å². The molecule has 1 saturated heterocycles. The fourth-order valence-corrected chi connectivity index (χ4v) is 5.65. The lowest BCUT2D eigenvalue weighted by molar-refractivity contribution is 0.0401. The van der Waals surface area contributed by atoms with E-state index in [1.165, 1.54) is 15.6 Å². The van der Waals surface area contributed by atoms with Gasteiger partial charge in [-0.3, -0.25) is 0 Å². The molecule has 2 N–H and O–H groups in total. The molecule has 136 valence electrons. The Bertz CT molecular complexity index is 835. The number of aryl methyl sites for hydroxylation is 1. The first kappa shape index (κ1) is 18.5. The molecule has 0 amide bonds. The second kappa shape index (κ2) is 7.51. The van der Waals surface area contributed by atoms with E-state index in [1.807, 2.05) is 18.4 Å². The number of hydrogen-bond acceptors (Lipinski definition) is 6. The van der Waals surface area contributed by atoms with Gasteiger partial charge >= 0.3 is 0 Å². The molecule has 25 heavy (non-hydrogen) atoms. The molecule has 1 aromatic heterocycles. The number of piperidine rings is 1. The smallest absolute Gasteiger partial charge is 0.243 e. The number of nitrogens with zero attached hydrogens (tertiary/aromatic N) is 2. The first-order chi connectivity index (χ1) is 12.0. The highest BCUT2D eigenvalue weighted by molar-refractivity contribution is 7.89. The van der Waals surface area contributed by atoms with Crippen LogP contribution in [0.25, 0.3) is 10.6 Å². The second-order valence-electron chi connectivity index (χ2n) is 6.21. The van der Waals surface area contributed by atoms with Gasteiger partial charge < -0.3 is 10.5 Å². The molecule has 3 rings (SSSR count). The van der Waals surface area contributed by atoms with Crippen LogP contribution in [0.15, 0.2) is 34.5 Å². The van der Waals surface area contributed by atoms with Crippen molar-refractivity contribution in [1.82, 2.24) is 9.29 Å². The zero-order valence-corrected chi connectivity index (χ0v) is 16.0. The van der Waals surface area contributed by atoms with Crippen LogP contribution in [0, 0.1) is 6.92 Å². The number of methoxy groups -OCH3 is 1. The van der Waals surface area contributed by atoms with Crippen LogP contribution >= 0.6 is 11.3 Å². The maximum absolute atomic E-state index is 13.2. The van der Waals surface area contributed by atoms with Gasteiger partial charge in [0.2, 0.25) is 10.0 Å². The Morgan fingerprint density at radius 1 is 1.44 bits per heavy atom. The molecule has 1 aliphatic rings. The first-order valence-corrected chi connectivity index (χ1v) is 10.5. The molecule has 1 aromatic carbocycles. The van der Waals surface area contributed by atoms with Gasteiger partial charge in [-0.25, -0.2) is 13.4 Å². The summed E-state index contributed by atoms with van der Waals surface area (Å²) in [5.74, 6) is 0. The second-order valence-corrected chi connectivity index (χ2v) is 8.96. The quantitative estimate of drug-likeness (QED) is 0.858. The minimum absolute atomic E-state index is 0.0598. The van der Waals surface area contributed by atoms with E-state index < -0.39 is 10.0 Å². The first-order valence-electron chi connectivity index (χ1n) is 8.23. The van der Waals surface area contributed by atoms with Crippen molar-refractivity contribution in [2.45, 2.75) is 36.8 Å². The lowest BCUT2D eigenvalue weighted by atomic mass is 10.0. The van der Waals surface area contributed by atoms with Gasteiger partial charge in [0.1, 0.15) is 5.01 Å². The minimum atomic E-state index is -3.60. The van der Waals surface area contributed by atoms with E-state index in [0.717, 1.165) is 16.3 Å². The maximum Gasteiger partial charge on any atom is 0.243 e. The maximum atomic E-state index is 13.2. The van der Waals surface area contributed by atoms with Crippen molar-refractivity contribution in [2.24, 2.45) is 5.73 Å². The molecule has 6 nitrogen and oxygen atoms in total. The number of benzene rings is 1. The fourth-order valence-electron chi connectivity index (χ4n) is 3.15. The Hall–Kier alpha value is -1.32. The van der Waals surface area contributed by atoms with E-state index in [-0.39, 0.29) is 23.6 Å². The summed E-state index contributed by atoms with van der Waals surface area (Å²) in [6.45, 7) is 2.63. The SMILES string of the molecule is COC1CCN(S(=O)(=O)c2cccc(-c3nc(C)cs3)c2)C(CN)C1. The Balaban J connectivity index is 1.92. The van der Waals surface area contributed by atoms with Crippen molar-refractivity contribution < 1.29 is 13.2 Å². The Morgan fingerprint density at radius 2 is 2.24 bits per heavy atom. The lowest BCUT2D eigenvalue weighted by Crippen LogP contribution is -2.51. The average molecular weight is 382 g/mol. The van der Waals surface area contributed by atoms with Crippen molar-refractivity contribution in [2.75, 3.05) is 20.2 Å². The van der Waals surface area contributed by atoms with E-state index in [0.29, 0.717) is 19.4 Å². The molecule has 0 saturated carbocycles. The number of nitrogens with two attached hydrogens (primary N) is 1. The number of ether oxygens (including phenoxy) is 1. The number of hydrogen-bond donors (Lipinski definition) is 1. The van der Waals surface area contributed by atoms with Crippen LogP contribution in [0.5, 0.6) is 0 Å². The predicted molar refractivity (Wildman–Crippen MR) is 99.1 cm³/mol. The highest BCUT2D eigenvalue weighted by atomic mass is 32.2. The van der Waals surface area contributed by atoms with Crippen molar-refractivity contribution in [3.8, 4) is 10.6 Å². The van der Waals surface area contributed by atoms with Crippen LogP contribution < -0.4 is 5.73 Å². The van der Waals surface area contributed by atoms with Gasteiger partial charge in [0.25, 0.3) is 0 Å². The van der Waals surface area contributed by atoms with Crippen molar-refractivity contribution in [3.05, 3.63) is 35.3 Å². The molecular weight excluding hydrogens is 358 g/mol. The molecule has 1 fully saturated rings. The lowest BCUT2D eigenvalue weighted by Gasteiger charge is -2.37. The summed E-state index contributed by atoms with van der Waals surface area (Å²) in [5, 5.41) is 2.78. The topological polar surface area (TPSA) is 85.5 Å². The minimum Gasteiger partial charge on any atom is -0.381 e. The van der Waals surface area contributed by atoms with E-state index >= 15 is 0 Å². The third-order valence-electron chi connectivity index (χ3n) is 4.53. The van der Waals surface area contributed by atoms with E-state index in [9.17, 15) is 8.42 Å². The summed E-state index contributed by atoms with van der Waals surface area (Å²) in [6.07, 6.45) is 1.36. The van der Waals surface area contributed by atoms with Gasteiger partial charge in [0.15, 0.2) is 0 Å². The van der Waals surface area contributed by atoms with Gasteiger partial charge in [-0.2, -0.15) is 4.31 Å². The molecule has 2 unspecified atom stereocenters. The number of sulfonamides is 1. The average Bonchev–Trinajstić information content (AvgIpc) is 3.07. The molecule has 1 aliphatic heterocycles. The highest BCUT2D eigenvalue weighted by Crippen LogP contribution is 2.30. The summed E-state index contributed by atoms with van der Waals surface area (Å²) < 4.78 is 33.2. The van der Waals surface area contributed by atoms with E-state index in [1.54, 1.807) is 25.3 Å². The van der Waals surface area contributed by atoms with Gasteiger partial charge in [0, 0.05) is 42.9 Å². The van der Waals surface area contributed by atoms with Crippen molar-refractivity contribution >= 4 is 21.4 Å². The van der Waals surface area contributed by atoms with Crippen LogP contribution in [0.4, 0.5) is 0 Å². The fraction of sp³-hybridized carbons (Fsp3) is 0.471. The third-order valence-corrected chi connectivity index (χ3v) is 7.48. The van der Waals surface area contributed by atoms with Gasteiger partial charge in [-0.15, -0.1) is 11.3 Å². The summed E-state index contributed by atoms with van der Waals surface area (Å²) in [4.78, 5) is 4.73. The summed E-state index contributed by atoms with van der Waals surface area (Å²) in [5.41, 5.74) is 7.58. The Kier molecular flexibility index (Phi) is 5.55. The van der Waals surface area contributed by atoms with Gasteiger partial charge in [-0.05, 0) is 31.9 Å². The molecule has 0 radical (unpaired) electrons. The Morgan fingerprint density at radius 3 is 2.88 bits per heavy atom. The van der Waals surface area contributed by atoms with Crippen molar-refractivity contribution in [1.29, 1.82) is 0 Å². The number of thiazole rings is 1. The van der Waals surface area contributed by atoms with E-state index in [2.05, 4.69) is 4.98 Å². The molecule has 2 heterocycles. The zero-order chi connectivity index (χ0) is 18.0. The summed E-state index contributed by atoms with van der Waals surface area (Å²) in [6, 6.07) is 6.74. The molecule has 0 aliphatic carbocycles. The number of rotatable bonds is 5. The normalized spacial score (nSPS) is 22.2. The molecule has 2 atom stereocenters. The molecule has 2 aromatic rings. The third kappa shape index (κ3) is 3.78. The highest BCUT2D eigenvalue weighted by Gasteiger charge is 2.36. The van der Waals surface area contributed by atoms with Crippen LogP contribution in [0.1, 0.15) is 18.5 Å². The van der Waals surface area contributed by atoms with Crippen LogP contribution in [-0.2, 0) is 14.8 Å². The summed E-state index contributed by atoms with van der Waals surface area (Å²) in [7, 11) is -1.95. The van der Waals surface area contributed by atoms with Crippen LogP contribution in [0.3, 0.4) is 0 Å². The summed E-state index contributed by atoms with van der Waals surface area (Å²) >= 11 is 1.51. The molecule has 0 bridgehead atoms. The largest absolute Gasteiger partial charge is 0.381 e. The molecule has 0 spiro atoms. The van der Waals surface area contributed by atoms with Gasteiger partial charge in [-0.1, -0.05) is 12.1 Å². The Labute approximate surface area is 152 Å².